The zero-order valence-electron chi connectivity index (χ0n) is 15.2. The van der Waals surface area contributed by atoms with Crippen molar-refractivity contribution >= 4 is 23.2 Å². The van der Waals surface area contributed by atoms with Gasteiger partial charge in [-0.3, -0.25) is 9.59 Å². The SMILES string of the molecule is O=C(Nc1ccc(NC(=O)C2COc3ccccc3O2)cc1)c1ccccc1F. The summed E-state index contributed by atoms with van der Waals surface area (Å²) in [5, 5.41) is 5.36. The number of para-hydroxylation sites is 2. The number of nitrogens with one attached hydrogen (secondary N) is 2. The molecule has 29 heavy (non-hydrogen) atoms. The molecule has 7 heteroatoms. The maximum absolute atomic E-state index is 13.7. The highest BCUT2D eigenvalue weighted by Gasteiger charge is 2.27. The number of rotatable bonds is 4. The third-order valence-corrected chi connectivity index (χ3v) is 4.33. The van der Waals surface area contributed by atoms with Crippen LogP contribution in [-0.4, -0.2) is 24.5 Å². The molecule has 1 unspecified atom stereocenters. The Morgan fingerprint density at radius 3 is 2.17 bits per heavy atom. The first-order valence-electron chi connectivity index (χ1n) is 8.95. The lowest BCUT2D eigenvalue weighted by Crippen LogP contribution is -2.40. The number of anilines is 2. The summed E-state index contributed by atoms with van der Waals surface area (Å²) in [5.74, 6) is -0.365. The molecule has 0 radical (unpaired) electrons. The van der Waals surface area contributed by atoms with E-state index in [1.807, 2.05) is 6.07 Å². The highest BCUT2D eigenvalue weighted by molar-refractivity contribution is 6.04. The largest absolute Gasteiger partial charge is 0.485 e. The number of hydrogen-bond donors (Lipinski definition) is 2. The van der Waals surface area contributed by atoms with E-state index >= 15 is 0 Å². The molecule has 0 fully saturated rings. The van der Waals surface area contributed by atoms with Crippen LogP contribution < -0.4 is 20.1 Å². The molecular formula is C22H17FN2O4. The first kappa shape index (κ1) is 18.5. The Kier molecular flexibility index (Phi) is 5.11. The van der Waals surface area contributed by atoms with Crippen molar-refractivity contribution in [1.29, 1.82) is 0 Å². The minimum atomic E-state index is -0.773. The molecular weight excluding hydrogens is 375 g/mol. The van der Waals surface area contributed by atoms with Gasteiger partial charge < -0.3 is 20.1 Å². The van der Waals surface area contributed by atoms with Crippen LogP contribution in [0.2, 0.25) is 0 Å². The fraction of sp³-hybridized carbons (Fsp3) is 0.0909. The van der Waals surface area contributed by atoms with Crippen LogP contribution in [0.15, 0.2) is 72.8 Å². The third kappa shape index (κ3) is 4.19. The monoisotopic (exact) mass is 392 g/mol. The lowest BCUT2D eigenvalue weighted by atomic mass is 10.2. The van der Waals surface area contributed by atoms with Crippen LogP contribution in [-0.2, 0) is 4.79 Å². The molecule has 1 aliphatic heterocycles. The molecule has 0 saturated carbocycles. The van der Waals surface area contributed by atoms with Crippen molar-refractivity contribution in [2.24, 2.45) is 0 Å². The molecule has 0 bridgehead atoms. The standard InChI is InChI=1S/C22H17FN2O4/c23-17-6-2-1-5-16(17)21(26)24-14-9-11-15(12-10-14)25-22(27)20-13-28-18-7-3-4-8-19(18)29-20/h1-12,20H,13H2,(H,24,26)(H,25,27). The van der Waals surface area contributed by atoms with Gasteiger partial charge in [0.05, 0.1) is 5.56 Å². The number of benzene rings is 3. The van der Waals surface area contributed by atoms with E-state index in [-0.39, 0.29) is 18.1 Å². The Bertz CT molecular complexity index is 1050. The van der Waals surface area contributed by atoms with Gasteiger partial charge in [-0.2, -0.15) is 0 Å². The third-order valence-electron chi connectivity index (χ3n) is 4.33. The lowest BCUT2D eigenvalue weighted by Gasteiger charge is -2.25. The van der Waals surface area contributed by atoms with Gasteiger partial charge in [0.2, 0.25) is 6.10 Å². The fourth-order valence-electron chi connectivity index (χ4n) is 2.85. The first-order chi connectivity index (χ1) is 14.1. The van der Waals surface area contributed by atoms with Crippen LogP contribution >= 0.6 is 0 Å². The molecule has 146 valence electrons. The van der Waals surface area contributed by atoms with E-state index in [0.717, 1.165) is 0 Å². The summed E-state index contributed by atoms with van der Waals surface area (Å²) in [4.78, 5) is 24.6. The summed E-state index contributed by atoms with van der Waals surface area (Å²) in [7, 11) is 0. The van der Waals surface area contributed by atoms with E-state index in [4.69, 9.17) is 9.47 Å². The summed E-state index contributed by atoms with van der Waals surface area (Å²) >= 11 is 0. The smallest absolute Gasteiger partial charge is 0.269 e. The number of carbonyl (C=O) groups excluding carboxylic acids is 2. The molecule has 0 aromatic heterocycles. The Hall–Kier alpha value is -3.87. The maximum atomic E-state index is 13.7. The van der Waals surface area contributed by atoms with Gasteiger partial charge in [0, 0.05) is 11.4 Å². The van der Waals surface area contributed by atoms with Gasteiger partial charge in [-0.15, -0.1) is 0 Å². The molecule has 1 heterocycles. The van der Waals surface area contributed by atoms with E-state index in [0.29, 0.717) is 22.9 Å². The van der Waals surface area contributed by atoms with E-state index in [9.17, 15) is 14.0 Å². The molecule has 4 rings (SSSR count). The van der Waals surface area contributed by atoms with Crippen LogP contribution in [0.4, 0.5) is 15.8 Å². The zero-order chi connectivity index (χ0) is 20.2. The van der Waals surface area contributed by atoms with Crippen LogP contribution in [0.1, 0.15) is 10.4 Å². The van der Waals surface area contributed by atoms with Crippen molar-refractivity contribution in [3.05, 3.63) is 84.2 Å². The van der Waals surface area contributed by atoms with Crippen LogP contribution in [0.3, 0.4) is 0 Å². The Morgan fingerprint density at radius 1 is 0.828 bits per heavy atom. The number of halogens is 1. The van der Waals surface area contributed by atoms with Crippen LogP contribution in [0.25, 0.3) is 0 Å². The summed E-state index contributed by atoms with van der Waals surface area (Å²) in [5.41, 5.74) is 0.961. The molecule has 2 N–H and O–H groups in total. The van der Waals surface area contributed by atoms with Gasteiger partial charge in [-0.1, -0.05) is 24.3 Å². The second-order valence-electron chi connectivity index (χ2n) is 6.36. The van der Waals surface area contributed by atoms with E-state index in [1.165, 1.54) is 18.2 Å². The van der Waals surface area contributed by atoms with Gasteiger partial charge >= 0.3 is 0 Å². The maximum Gasteiger partial charge on any atom is 0.269 e. The van der Waals surface area contributed by atoms with Crippen molar-refractivity contribution in [3.63, 3.8) is 0 Å². The quantitative estimate of drug-likeness (QED) is 0.707. The Labute approximate surface area is 166 Å². The summed E-state index contributed by atoms with van der Waals surface area (Å²) in [6.45, 7) is 0.111. The highest BCUT2D eigenvalue weighted by Crippen LogP contribution is 2.31. The molecule has 6 nitrogen and oxygen atoms in total. The summed E-state index contributed by atoms with van der Waals surface area (Å²) in [6.07, 6.45) is -0.773. The average molecular weight is 392 g/mol. The number of hydrogen-bond acceptors (Lipinski definition) is 4. The van der Waals surface area contributed by atoms with E-state index < -0.39 is 17.8 Å². The topological polar surface area (TPSA) is 76.7 Å². The average Bonchev–Trinajstić information content (AvgIpc) is 2.75. The molecule has 0 spiro atoms. The fourth-order valence-corrected chi connectivity index (χ4v) is 2.85. The zero-order valence-corrected chi connectivity index (χ0v) is 15.2. The Morgan fingerprint density at radius 2 is 1.45 bits per heavy atom. The van der Waals surface area contributed by atoms with Crippen molar-refractivity contribution in [2.45, 2.75) is 6.10 Å². The van der Waals surface area contributed by atoms with Crippen molar-refractivity contribution in [2.75, 3.05) is 17.2 Å². The lowest BCUT2D eigenvalue weighted by molar-refractivity contribution is -0.125. The first-order valence-corrected chi connectivity index (χ1v) is 8.95. The predicted molar refractivity (Wildman–Crippen MR) is 106 cm³/mol. The van der Waals surface area contributed by atoms with E-state index in [1.54, 1.807) is 48.5 Å². The van der Waals surface area contributed by atoms with Gasteiger partial charge in [0.15, 0.2) is 11.5 Å². The molecule has 3 aromatic rings. The normalized spacial score (nSPS) is 14.7. The van der Waals surface area contributed by atoms with E-state index in [2.05, 4.69) is 10.6 Å². The summed E-state index contributed by atoms with van der Waals surface area (Å²) < 4.78 is 24.9. The highest BCUT2D eigenvalue weighted by atomic mass is 19.1. The second-order valence-corrected chi connectivity index (χ2v) is 6.36. The number of ether oxygens (including phenoxy) is 2. The predicted octanol–water partition coefficient (Wildman–Crippen LogP) is 3.86. The molecule has 2 amide bonds. The number of fused-ring (bicyclic) bond motifs is 1. The van der Waals surface area contributed by atoms with Gasteiger partial charge in [0.25, 0.3) is 11.8 Å². The number of amides is 2. The van der Waals surface area contributed by atoms with Gasteiger partial charge in [0.1, 0.15) is 12.4 Å². The molecule has 1 atom stereocenters. The molecule has 0 aliphatic carbocycles. The molecule has 3 aromatic carbocycles. The Balaban J connectivity index is 1.37. The number of carbonyl (C=O) groups is 2. The summed E-state index contributed by atoms with van der Waals surface area (Å²) in [6, 6.07) is 19.4. The van der Waals surface area contributed by atoms with Crippen molar-refractivity contribution < 1.29 is 23.5 Å². The van der Waals surface area contributed by atoms with Crippen LogP contribution in [0, 0.1) is 5.82 Å². The molecule has 0 saturated heterocycles. The minimum absolute atomic E-state index is 0.0420. The van der Waals surface area contributed by atoms with Crippen LogP contribution in [0.5, 0.6) is 11.5 Å². The minimum Gasteiger partial charge on any atom is -0.485 e. The second kappa shape index (κ2) is 8.02. The molecule has 1 aliphatic rings. The van der Waals surface area contributed by atoms with Gasteiger partial charge in [-0.25, -0.2) is 4.39 Å². The van der Waals surface area contributed by atoms with Crippen molar-refractivity contribution in [3.8, 4) is 11.5 Å². The van der Waals surface area contributed by atoms with Gasteiger partial charge in [-0.05, 0) is 48.5 Å². The van der Waals surface area contributed by atoms with Crippen molar-refractivity contribution in [1.82, 2.24) is 0 Å².